The molecule has 0 saturated carbocycles. The SMILES string of the molecule is Cc1ccnc(N2CCCCC2CCC(=O)O)c1[N+](=O)[O-]. The number of aromatic nitrogens is 1. The van der Waals surface area contributed by atoms with Crippen molar-refractivity contribution in [2.75, 3.05) is 11.4 Å². The van der Waals surface area contributed by atoms with Crippen LogP contribution >= 0.6 is 0 Å². The first-order valence-electron chi connectivity index (χ1n) is 7.09. The minimum atomic E-state index is -0.841. The number of carboxylic acids is 1. The van der Waals surface area contributed by atoms with Crippen LogP contribution in [-0.2, 0) is 4.79 Å². The summed E-state index contributed by atoms with van der Waals surface area (Å²) in [6.45, 7) is 2.38. The van der Waals surface area contributed by atoms with Crippen molar-refractivity contribution < 1.29 is 14.8 Å². The lowest BCUT2D eigenvalue weighted by Crippen LogP contribution is -2.40. The molecule has 1 N–H and O–H groups in total. The van der Waals surface area contributed by atoms with E-state index in [0.29, 0.717) is 24.3 Å². The molecule has 2 rings (SSSR count). The second-order valence-electron chi connectivity index (χ2n) is 5.33. The predicted molar refractivity (Wildman–Crippen MR) is 77.5 cm³/mol. The number of rotatable bonds is 5. The molecule has 0 spiro atoms. The van der Waals surface area contributed by atoms with Crippen molar-refractivity contribution in [1.82, 2.24) is 4.98 Å². The second-order valence-corrected chi connectivity index (χ2v) is 5.33. The Labute approximate surface area is 122 Å². The van der Waals surface area contributed by atoms with E-state index in [0.717, 1.165) is 19.3 Å². The Bertz CT molecular complexity index is 547. The van der Waals surface area contributed by atoms with Gasteiger partial charge < -0.3 is 10.0 Å². The second kappa shape index (κ2) is 6.51. The maximum Gasteiger partial charge on any atom is 0.314 e. The van der Waals surface area contributed by atoms with Crippen LogP contribution < -0.4 is 4.90 Å². The average molecular weight is 293 g/mol. The summed E-state index contributed by atoms with van der Waals surface area (Å²) in [5, 5.41) is 20.1. The highest BCUT2D eigenvalue weighted by Gasteiger charge is 2.30. The summed E-state index contributed by atoms with van der Waals surface area (Å²) in [5.74, 6) is -0.470. The van der Waals surface area contributed by atoms with Crippen LogP contribution in [0.15, 0.2) is 12.3 Å². The van der Waals surface area contributed by atoms with E-state index in [9.17, 15) is 14.9 Å². The lowest BCUT2D eigenvalue weighted by Gasteiger charge is -2.36. The Morgan fingerprint density at radius 3 is 3.00 bits per heavy atom. The Morgan fingerprint density at radius 1 is 1.57 bits per heavy atom. The fourth-order valence-electron chi connectivity index (χ4n) is 2.84. The predicted octanol–water partition coefficient (Wildman–Crippen LogP) is 2.52. The number of anilines is 1. The van der Waals surface area contributed by atoms with Crippen LogP contribution in [0.2, 0.25) is 0 Å². The topological polar surface area (TPSA) is 96.6 Å². The summed E-state index contributed by atoms with van der Waals surface area (Å²) in [4.78, 5) is 27.8. The van der Waals surface area contributed by atoms with Crippen molar-refractivity contribution in [3.05, 3.63) is 27.9 Å². The van der Waals surface area contributed by atoms with Gasteiger partial charge in [-0.3, -0.25) is 14.9 Å². The number of hydrogen-bond acceptors (Lipinski definition) is 5. The number of pyridine rings is 1. The van der Waals surface area contributed by atoms with Gasteiger partial charge in [-0.25, -0.2) is 4.98 Å². The molecule has 0 aromatic carbocycles. The minimum Gasteiger partial charge on any atom is -0.481 e. The highest BCUT2D eigenvalue weighted by molar-refractivity contribution is 5.67. The van der Waals surface area contributed by atoms with Gasteiger partial charge in [0.25, 0.3) is 0 Å². The van der Waals surface area contributed by atoms with E-state index in [2.05, 4.69) is 4.98 Å². The molecule has 0 aliphatic carbocycles. The van der Waals surface area contributed by atoms with Crippen LogP contribution in [0.25, 0.3) is 0 Å². The van der Waals surface area contributed by atoms with Gasteiger partial charge in [-0.05, 0) is 38.7 Å². The molecule has 0 radical (unpaired) electrons. The lowest BCUT2D eigenvalue weighted by atomic mass is 9.97. The van der Waals surface area contributed by atoms with E-state index < -0.39 is 10.9 Å². The normalized spacial score (nSPS) is 18.5. The fourth-order valence-corrected chi connectivity index (χ4v) is 2.84. The Hall–Kier alpha value is -2.18. The van der Waals surface area contributed by atoms with Crippen molar-refractivity contribution in [3.63, 3.8) is 0 Å². The number of hydrogen-bond donors (Lipinski definition) is 1. The first kappa shape index (κ1) is 15.2. The molecule has 114 valence electrons. The lowest BCUT2D eigenvalue weighted by molar-refractivity contribution is -0.384. The Morgan fingerprint density at radius 2 is 2.33 bits per heavy atom. The van der Waals surface area contributed by atoms with Gasteiger partial charge in [0.15, 0.2) is 0 Å². The van der Waals surface area contributed by atoms with Crippen molar-refractivity contribution in [2.45, 2.75) is 45.1 Å². The van der Waals surface area contributed by atoms with Gasteiger partial charge in [0.05, 0.1) is 4.92 Å². The summed E-state index contributed by atoms with van der Waals surface area (Å²) in [7, 11) is 0. The summed E-state index contributed by atoms with van der Waals surface area (Å²) in [5.41, 5.74) is 0.604. The first-order chi connectivity index (χ1) is 10.0. The van der Waals surface area contributed by atoms with Crippen molar-refractivity contribution in [2.24, 2.45) is 0 Å². The van der Waals surface area contributed by atoms with Crippen LogP contribution in [0, 0.1) is 17.0 Å². The highest BCUT2D eigenvalue weighted by atomic mass is 16.6. The quantitative estimate of drug-likeness (QED) is 0.662. The Kier molecular flexibility index (Phi) is 4.72. The van der Waals surface area contributed by atoms with Gasteiger partial charge in [-0.2, -0.15) is 0 Å². The summed E-state index contributed by atoms with van der Waals surface area (Å²) >= 11 is 0. The average Bonchev–Trinajstić information content (AvgIpc) is 2.44. The zero-order valence-corrected chi connectivity index (χ0v) is 12.0. The molecule has 1 aromatic heterocycles. The molecule has 0 amide bonds. The van der Waals surface area contributed by atoms with Crippen LogP contribution in [0.5, 0.6) is 0 Å². The number of carboxylic acid groups (broad SMARTS) is 1. The molecule has 1 fully saturated rings. The standard InChI is InChI=1S/C14H19N3O4/c1-10-7-8-15-14(13(10)17(20)21)16-9-3-2-4-11(16)5-6-12(18)19/h7-8,11H,2-6,9H2,1H3,(H,18,19). The third kappa shape index (κ3) is 3.48. The molecule has 1 aromatic rings. The van der Waals surface area contributed by atoms with Gasteiger partial charge in [0.2, 0.25) is 5.82 Å². The molecule has 1 unspecified atom stereocenters. The number of aliphatic carboxylic acids is 1. The van der Waals surface area contributed by atoms with Crippen LogP contribution in [0.4, 0.5) is 11.5 Å². The van der Waals surface area contributed by atoms with Gasteiger partial charge in [0.1, 0.15) is 0 Å². The summed E-state index contributed by atoms with van der Waals surface area (Å²) in [6.07, 6.45) is 4.93. The van der Waals surface area contributed by atoms with Gasteiger partial charge in [-0.15, -0.1) is 0 Å². The van der Waals surface area contributed by atoms with Crippen molar-refractivity contribution in [3.8, 4) is 0 Å². The van der Waals surface area contributed by atoms with Gasteiger partial charge in [-0.1, -0.05) is 0 Å². The van der Waals surface area contributed by atoms with Gasteiger partial charge in [0, 0.05) is 30.8 Å². The number of carbonyl (C=O) groups is 1. The molecule has 2 heterocycles. The highest BCUT2D eigenvalue weighted by Crippen LogP contribution is 2.34. The van der Waals surface area contributed by atoms with Crippen LogP contribution in [0.3, 0.4) is 0 Å². The Balaban J connectivity index is 2.31. The largest absolute Gasteiger partial charge is 0.481 e. The molecule has 7 nitrogen and oxygen atoms in total. The van der Waals surface area contributed by atoms with Crippen LogP contribution in [0.1, 0.15) is 37.7 Å². The molecule has 7 heteroatoms. The molecule has 21 heavy (non-hydrogen) atoms. The van der Waals surface area contributed by atoms with E-state index in [1.165, 1.54) is 0 Å². The third-order valence-electron chi connectivity index (χ3n) is 3.88. The zero-order valence-electron chi connectivity index (χ0n) is 12.0. The fraction of sp³-hybridized carbons (Fsp3) is 0.571. The molecular formula is C14H19N3O4. The molecule has 1 atom stereocenters. The third-order valence-corrected chi connectivity index (χ3v) is 3.88. The summed E-state index contributed by atoms with van der Waals surface area (Å²) < 4.78 is 0. The molecule has 0 bridgehead atoms. The van der Waals surface area contributed by atoms with Crippen molar-refractivity contribution >= 4 is 17.5 Å². The smallest absolute Gasteiger partial charge is 0.314 e. The maximum atomic E-state index is 11.3. The monoisotopic (exact) mass is 293 g/mol. The first-order valence-corrected chi connectivity index (χ1v) is 7.09. The number of piperidine rings is 1. The number of nitrogens with zero attached hydrogens (tertiary/aromatic N) is 3. The minimum absolute atomic E-state index is 0.00264. The van der Waals surface area contributed by atoms with E-state index in [-0.39, 0.29) is 18.2 Å². The number of aryl methyl sites for hydroxylation is 1. The van der Waals surface area contributed by atoms with E-state index in [1.807, 2.05) is 4.90 Å². The molecular weight excluding hydrogens is 274 g/mol. The van der Waals surface area contributed by atoms with Crippen LogP contribution in [-0.4, -0.2) is 33.6 Å². The molecule has 1 saturated heterocycles. The summed E-state index contributed by atoms with van der Waals surface area (Å²) in [6, 6.07) is 1.63. The van der Waals surface area contributed by atoms with Gasteiger partial charge >= 0.3 is 11.7 Å². The van der Waals surface area contributed by atoms with E-state index >= 15 is 0 Å². The van der Waals surface area contributed by atoms with E-state index in [1.54, 1.807) is 19.2 Å². The van der Waals surface area contributed by atoms with E-state index in [4.69, 9.17) is 5.11 Å². The molecule has 1 aliphatic rings. The van der Waals surface area contributed by atoms with Crippen molar-refractivity contribution in [1.29, 1.82) is 0 Å². The maximum absolute atomic E-state index is 11.3. The zero-order chi connectivity index (χ0) is 15.4. The number of nitro groups is 1. The molecule has 1 aliphatic heterocycles.